The average Bonchev–Trinajstić information content (AvgIpc) is 3.48. The molecule has 1 aliphatic heterocycles. The summed E-state index contributed by atoms with van der Waals surface area (Å²) < 4.78 is 42.2. The van der Waals surface area contributed by atoms with Gasteiger partial charge in [0.25, 0.3) is 11.1 Å². The monoisotopic (exact) mass is 740 g/mol. The number of hydrogen-bond donors (Lipinski definition) is 3. The van der Waals surface area contributed by atoms with E-state index in [9.17, 15) is 42.6 Å². The first kappa shape index (κ1) is 38.5. The molecular weight excluding hydrogens is 705 g/mol. The van der Waals surface area contributed by atoms with Crippen molar-refractivity contribution in [3.8, 4) is 0 Å². The summed E-state index contributed by atoms with van der Waals surface area (Å²) in [5.74, 6) is -0.609. The highest BCUT2D eigenvalue weighted by atomic mass is 35.5. The van der Waals surface area contributed by atoms with Crippen LogP contribution in [-0.4, -0.2) is 88.5 Å². The number of amides is 4. The van der Waals surface area contributed by atoms with Crippen LogP contribution in [0.15, 0.2) is 47.5 Å². The number of carboxylic acid groups (broad SMARTS) is 2. The van der Waals surface area contributed by atoms with E-state index >= 15 is 0 Å². The van der Waals surface area contributed by atoms with Gasteiger partial charge in [0, 0.05) is 21.5 Å². The molecule has 13 nitrogen and oxygen atoms in total. The number of fused-ring (bicyclic) bond motifs is 1. The van der Waals surface area contributed by atoms with Crippen LogP contribution in [-0.2, 0) is 22.4 Å². The number of halogens is 4. The quantitative estimate of drug-likeness (QED) is 0.0844. The van der Waals surface area contributed by atoms with E-state index in [-0.39, 0.29) is 35.2 Å². The summed E-state index contributed by atoms with van der Waals surface area (Å²) in [4.78, 5) is 58.6. The average molecular weight is 741 g/mol. The number of carbonyl (C=O) groups is 4. The fourth-order valence-electron chi connectivity index (χ4n) is 5.29. The summed E-state index contributed by atoms with van der Waals surface area (Å²) in [5, 5.41) is 24.1. The highest BCUT2D eigenvalue weighted by Gasteiger charge is 2.44. The molecule has 18 heteroatoms. The minimum absolute atomic E-state index is 0.0128. The van der Waals surface area contributed by atoms with Crippen molar-refractivity contribution in [3.05, 3.63) is 69.2 Å². The predicted octanol–water partition coefficient (Wildman–Crippen LogP) is 7.15. The van der Waals surface area contributed by atoms with Crippen LogP contribution in [0.5, 0.6) is 0 Å². The predicted molar refractivity (Wildman–Crippen MR) is 180 cm³/mol. The first-order chi connectivity index (χ1) is 23.1. The lowest BCUT2D eigenvalue weighted by Gasteiger charge is -2.47. The van der Waals surface area contributed by atoms with Gasteiger partial charge in [-0.3, -0.25) is 33.8 Å². The molecule has 0 bridgehead atoms. The number of nitrogens with one attached hydrogen (secondary N) is 1. The second kappa shape index (κ2) is 14.5. The van der Waals surface area contributed by atoms with E-state index in [1.54, 1.807) is 59.7 Å². The molecule has 3 aromatic rings. The van der Waals surface area contributed by atoms with Gasteiger partial charge in [0.2, 0.25) is 0 Å². The third-order valence-electron chi connectivity index (χ3n) is 7.49. The third-order valence-corrected chi connectivity index (χ3v) is 8.63. The maximum absolute atomic E-state index is 13.6. The molecule has 0 spiro atoms. The Labute approximate surface area is 294 Å². The minimum Gasteiger partial charge on any atom is -0.465 e. The molecule has 270 valence electrons. The normalized spacial score (nSPS) is 15.1. The summed E-state index contributed by atoms with van der Waals surface area (Å²) in [6.45, 7) is 8.82. The first-order valence-electron chi connectivity index (χ1n) is 15.1. The number of nitrogens with zero attached hydrogens (tertiary/aromatic N) is 5. The SMILES string of the molecule is CC(C)(C)N(C(=O)O)C(NOCCN1C(=O)S/C(=C\c2ccc3c(cnn3Cc3ccc(Cl)cc3C(F)(F)F)c2)C1=O)N(C(=O)O)C(C)(C)C. The van der Waals surface area contributed by atoms with Gasteiger partial charge in [-0.25, -0.2) is 9.59 Å². The zero-order chi connectivity index (χ0) is 37.3. The number of hydroxylamine groups is 1. The Kier molecular flexibility index (Phi) is 11.2. The number of carbonyl (C=O) groups excluding carboxylic acids is 2. The summed E-state index contributed by atoms with van der Waals surface area (Å²) in [6.07, 6.45) is -5.93. The van der Waals surface area contributed by atoms with Crippen molar-refractivity contribution in [2.24, 2.45) is 0 Å². The molecule has 50 heavy (non-hydrogen) atoms. The van der Waals surface area contributed by atoms with Crippen LogP contribution in [0.3, 0.4) is 0 Å². The van der Waals surface area contributed by atoms with Gasteiger partial charge >= 0.3 is 18.4 Å². The van der Waals surface area contributed by atoms with Crippen LogP contribution in [0, 0.1) is 0 Å². The minimum atomic E-state index is -4.61. The molecule has 0 saturated carbocycles. The van der Waals surface area contributed by atoms with Gasteiger partial charge in [-0.2, -0.15) is 23.8 Å². The first-order valence-corrected chi connectivity index (χ1v) is 16.3. The highest BCUT2D eigenvalue weighted by molar-refractivity contribution is 8.18. The lowest BCUT2D eigenvalue weighted by atomic mass is 10.0. The van der Waals surface area contributed by atoms with Gasteiger partial charge in [0.1, 0.15) is 0 Å². The molecule has 2 aromatic carbocycles. The van der Waals surface area contributed by atoms with Crippen LogP contribution >= 0.6 is 23.4 Å². The molecule has 1 aliphatic rings. The largest absolute Gasteiger partial charge is 0.465 e. The second-order valence-electron chi connectivity index (χ2n) is 13.2. The smallest absolute Gasteiger partial charge is 0.416 e. The van der Waals surface area contributed by atoms with Crippen LogP contribution < -0.4 is 5.48 Å². The molecule has 0 aliphatic carbocycles. The van der Waals surface area contributed by atoms with E-state index in [4.69, 9.17) is 16.4 Å². The Morgan fingerprint density at radius 1 is 1.02 bits per heavy atom. The topological polar surface area (TPSA) is 158 Å². The fourth-order valence-corrected chi connectivity index (χ4v) is 6.32. The lowest BCUT2D eigenvalue weighted by molar-refractivity contribution is -0.138. The Balaban J connectivity index is 1.46. The van der Waals surface area contributed by atoms with Crippen molar-refractivity contribution in [1.29, 1.82) is 0 Å². The molecule has 0 unspecified atom stereocenters. The third kappa shape index (κ3) is 8.69. The van der Waals surface area contributed by atoms with Crippen molar-refractivity contribution in [3.63, 3.8) is 0 Å². The number of alkyl halides is 3. The molecular formula is C32H36ClF3N6O7S. The van der Waals surface area contributed by atoms with E-state index < -0.39 is 52.4 Å². The number of imide groups is 1. The van der Waals surface area contributed by atoms with Crippen LogP contribution in [0.1, 0.15) is 58.2 Å². The van der Waals surface area contributed by atoms with Crippen molar-refractivity contribution in [1.82, 2.24) is 30.0 Å². The van der Waals surface area contributed by atoms with E-state index in [2.05, 4.69) is 10.6 Å². The summed E-state index contributed by atoms with van der Waals surface area (Å²) in [5.41, 5.74) is 0.593. The van der Waals surface area contributed by atoms with Crippen molar-refractivity contribution in [2.45, 2.75) is 71.6 Å². The highest BCUT2D eigenvalue weighted by Crippen LogP contribution is 2.35. The molecule has 4 rings (SSSR count). The standard InChI is InChI=1S/C32H36ClF3N6O7S/c1-30(2,3)41(27(44)45)26(42(28(46)47)31(4,5)6)38-49-12-11-39-25(43)24(50-29(39)48)14-18-7-10-23-20(13-18)16-37-40(23)17-19-8-9-21(33)15-22(19)32(34,35)36/h7-10,13-16,26,38H,11-12,17H2,1-6H3,(H,44,45)(H,46,47)/b24-14-. The zero-order valence-corrected chi connectivity index (χ0v) is 29.5. The molecule has 0 radical (unpaired) electrons. The Morgan fingerprint density at radius 3 is 2.20 bits per heavy atom. The molecule has 3 N–H and O–H groups in total. The Morgan fingerprint density at radius 2 is 1.64 bits per heavy atom. The molecule has 1 aromatic heterocycles. The van der Waals surface area contributed by atoms with Crippen molar-refractivity contribution in [2.75, 3.05) is 13.2 Å². The van der Waals surface area contributed by atoms with Gasteiger partial charge in [-0.15, -0.1) is 0 Å². The van der Waals surface area contributed by atoms with Gasteiger partial charge in [0.15, 0.2) is 6.29 Å². The van der Waals surface area contributed by atoms with E-state index in [0.717, 1.165) is 20.8 Å². The van der Waals surface area contributed by atoms with Crippen LogP contribution in [0.2, 0.25) is 5.02 Å². The molecule has 1 saturated heterocycles. The fraction of sp³-hybridized carbons (Fsp3) is 0.406. The van der Waals surface area contributed by atoms with E-state index in [0.29, 0.717) is 28.2 Å². The Bertz CT molecular complexity index is 1800. The second-order valence-corrected chi connectivity index (χ2v) is 14.7. The molecule has 2 heterocycles. The van der Waals surface area contributed by atoms with Gasteiger partial charge in [0.05, 0.1) is 41.9 Å². The van der Waals surface area contributed by atoms with Crippen LogP contribution in [0.25, 0.3) is 17.0 Å². The summed E-state index contributed by atoms with van der Waals surface area (Å²) in [7, 11) is 0. The number of rotatable bonds is 10. The van der Waals surface area contributed by atoms with E-state index in [1.807, 2.05) is 0 Å². The maximum Gasteiger partial charge on any atom is 0.416 e. The molecule has 0 atom stereocenters. The lowest BCUT2D eigenvalue weighted by Crippen LogP contribution is -2.68. The van der Waals surface area contributed by atoms with Crippen molar-refractivity contribution < 1.29 is 47.4 Å². The van der Waals surface area contributed by atoms with Gasteiger partial charge in [-0.05, 0) is 94.8 Å². The zero-order valence-electron chi connectivity index (χ0n) is 27.9. The number of hydrogen-bond acceptors (Lipinski definition) is 8. The summed E-state index contributed by atoms with van der Waals surface area (Å²) >= 11 is 6.49. The van der Waals surface area contributed by atoms with Crippen LogP contribution in [0.4, 0.5) is 27.6 Å². The number of benzene rings is 2. The number of aromatic nitrogens is 2. The summed E-state index contributed by atoms with van der Waals surface area (Å²) in [6, 6.07) is 8.51. The molecule has 1 fully saturated rings. The van der Waals surface area contributed by atoms with E-state index in [1.165, 1.54) is 29.1 Å². The van der Waals surface area contributed by atoms with Gasteiger partial charge in [-0.1, -0.05) is 23.7 Å². The maximum atomic E-state index is 13.6. The molecule has 4 amide bonds. The van der Waals surface area contributed by atoms with Crippen molar-refractivity contribution >= 4 is 63.7 Å². The number of thioether (sulfide) groups is 1. The Hall–Kier alpha value is -4.32. The van der Waals surface area contributed by atoms with Gasteiger partial charge < -0.3 is 10.2 Å².